The van der Waals surface area contributed by atoms with Crippen molar-refractivity contribution in [2.24, 2.45) is 0 Å². The van der Waals surface area contributed by atoms with E-state index < -0.39 is 0 Å². The van der Waals surface area contributed by atoms with Gasteiger partial charge in [0.2, 0.25) is 5.91 Å². The molecule has 24 heavy (non-hydrogen) atoms. The van der Waals surface area contributed by atoms with Crippen molar-refractivity contribution in [2.75, 3.05) is 18.0 Å². The maximum Gasteiger partial charge on any atom is 0.220 e. The number of hydrogen-bond donors (Lipinski definition) is 1. The second kappa shape index (κ2) is 6.93. The number of anilines is 1. The molecule has 2 aromatic rings. The first kappa shape index (κ1) is 15.6. The summed E-state index contributed by atoms with van der Waals surface area (Å²) in [6.45, 7) is 2.76. The predicted octanol–water partition coefficient (Wildman–Crippen LogP) is 3.48. The van der Waals surface area contributed by atoms with Gasteiger partial charge in [-0.3, -0.25) is 4.79 Å². The van der Waals surface area contributed by atoms with E-state index in [0.717, 1.165) is 36.8 Å². The molecular weight excluding hydrogens is 318 g/mol. The lowest BCUT2D eigenvalue weighted by atomic mass is 9.97. The number of thiazole rings is 1. The molecule has 1 saturated heterocycles. The Kier molecular flexibility index (Phi) is 4.52. The van der Waals surface area contributed by atoms with Crippen molar-refractivity contribution in [1.82, 2.24) is 10.3 Å². The third kappa shape index (κ3) is 3.31. The van der Waals surface area contributed by atoms with E-state index in [9.17, 15) is 4.79 Å². The second-order valence-corrected chi connectivity index (χ2v) is 7.57. The summed E-state index contributed by atoms with van der Waals surface area (Å²) in [4.78, 5) is 19.3. The molecule has 1 aromatic carbocycles. The minimum absolute atomic E-state index is 0.132. The van der Waals surface area contributed by atoms with Crippen LogP contribution in [0.4, 0.5) is 5.13 Å². The molecule has 4 rings (SSSR count). The van der Waals surface area contributed by atoms with Crippen molar-refractivity contribution in [3.8, 4) is 0 Å². The van der Waals surface area contributed by atoms with Gasteiger partial charge >= 0.3 is 0 Å². The van der Waals surface area contributed by atoms with E-state index in [1.54, 1.807) is 11.3 Å². The number of amides is 1. The Labute approximate surface area is 146 Å². The molecule has 1 amide bonds. The molecule has 2 heterocycles. The molecule has 1 aromatic heterocycles. The molecule has 4 nitrogen and oxygen atoms in total. The highest BCUT2D eigenvalue weighted by Crippen LogP contribution is 2.35. The van der Waals surface area contributed by atoms with Gasteiger partial charge in [0.05, 0.1) is 12.2 Å². The largest absolute Gasteiger partial charge is 0.350 e. The van der Waals surface area contributed by atoms with Crippen LogP contribution in [-0.4, -0.2) is 24.0 Å². The third-order valence-corrected chi connectivity index (χ3v) is 6.02. The van der Waals surface area contributed by atoms with E-state index in [2.05, 4.69) is 44.8 Å². The maximum absolute atomic E-state index is 12.3. The van der Waals surface area contributed by atoms with E-state index in [-0.39, 0.29) is 5.91 Å². The van der Waals surface area contributed by atoms with Crippen molar-refractivity contribution < 1.29 is 4.79 Å². The highest BCUT2D eigenvalue weighted by molar-refractivity contribution is 7.13. The van der Waals surface area contributed by atoms with Crippen LogP contribution in [0, 0.1) is 0 Å². The monoisotopic (exact) mass is 341 g/mol. The Hall–Kier alpha value is -1.88. The average molecular weight is 341 g/mol. The van der Waals surface area contributed by atoms with Gasteiger partial charge in [-0.1, -0.05) is 24.3 Å². The lowest BCUT2D eigenvalue weighted by molar-refractivity contribution is -0.121. The summed E-state index contributed by atoms with van der Waals surface area (Å²) in [5, 5.41) is 6.21. The first-order valence-electron chi connectivity index (χ1n) is 8.83. The van der Waals surface area contributed by atoms with Gasteiger partial charge < -0.3 is 10.2 Å². The van der Waals surface area contributed by atoms with E-state index >= 15 is 0 Å². The quantitative estimate of drug-likeness (QED) is 0.905. The summed E-state index contributed by atoms with van der Waals surface area (Å²) in [7, 11) is 0. The van der Waals surface area contributed by atoms with Crippen LogP contribution in [0.2, 0.25) is 0 Å². The van der Waals surface area contributed by atoms with Crippen LogP contribution in [-0.2, 0) is 17.8 Å². The SMILES string of the molecule is O=C(C[C@@H]1CCc2ccccc21)NCc1csc(N2CCCC2)n1. The Morgan fingerprint density at radius 2 is 2.12 bits per heavy atom. The number of aryl methyl sites for hydroxylation is 1. The Morgan fingerprint density at radius 3 is 3.00 bits per heavy atom. The maximum atomic E-state index is 12.3. The predicted molar refractivity (Wildman–Crippen MR) is 97.5 cm³/mol. The van der Waals surface area contributed by atoms with Crippen LogP contribution >= 0.6 is 11.3 Å². The molecule has 1 fully saturated rings. The average Bonchev–Trinajstić information content (AvgIpc) is 3.34. The summed E-state index contributed by atoms with van der Waals surface area (Å²) >= 11 is 1.69. The molecule has 1 N–H and O–H groups in total. The molecule has 1 aliphatic heterocycles. The number of benzene rings is 1. The number of rotatable bonds is 5. The van der Waals surface area contributed by atoms with Crippen molar-refractivity contribution in [2.45, 2.75) is 44.6 Å². The number of hydrogen-bond acceptors (Lipinski definition) is 4. The standard InChI is InChI=1S/C19H23N3OS/c23-18(11-15-8-7-14-5-1-2-6-17(14)15)20-12-16-13-24-19(21-16)22-9-3-4-10-22/h1-2,5-6,13,15H,3-4,7-12H2,(H,20,23)/t15-/m0/s1. The van der Waals surface area contributed by atoms with E-state index in [1.165, 1.54) is 24.0 Å². The van der Waals surface area contributed by atoms with Crippen LogP contribution in [0.15, 0.2) is 29.6 Å². The van der Waals surface area contributed by atoms with Gasteiger partial charge in [0.15, 0.2) is 5.13 Å². The Morgan fingerprint density at radius 1 is 1.29 bits per heavy atom. The molecule has 5 heteroatoms. The fourth-order valence-corrected chi connectivity index (χ4v) is 4.65. The summed E-state index contributed by atoms with van der Waals surface area (Å²) in [5.41, 5.74) is 3.74. The topological polar surface area (TPSA) is 45.2 Å². The number of carbonyl (C=O) groups is 1. The lowest BCUT2D eigenvalue weighted by Gasteiger charge is -2.12. The van der Waals surface area contributed by atoms with Crippen molar-refractivity contribution in [3.63, 3.8) is 0 Å². The molecule has 1 aliphatic carbocycles. The molecule has 0 bridgehead atoms. The smallest absolute Gasteiger partial charge is 0.220 e. The van der Waals surface area contributed by atoms with Gasteiger partial charge in [-0.05, 0) is 42.7 Å². The van der Waals surface area contributed by atoms with Gasteiger partial charge in [-0.15, -0.1) is 11.3 Å². The first-order valence-corrected chi connectivity index (χ1v) is 9.71. The number of nitrogens with zero attached hydrogens (tertiary/aromatic N) is 2. The van der Waals surface area contributed by atoms with Gasteiger partial charge in [0.1, 0.15) is 0 Å². The molecular formula is C19H23N3OS. The van der Waals surface area contributed by atoms with Gasteiger partial charge in [-0.25, -0.2) is 4.98 Å². The van der Waals surface area contributed by atoms with Crippen LogP contribution in [0.1, 0.15) is 48.4 Å². The number of nitrogens with one attached hydrogen (secondary N) is 1. The second-order valence-electron chi connectivity index (χ2n) is 6.73. The highest BCUT2D eigenvalue weighted by Gasteiger charge is 2.24. The Bertz CT molecular complexity index is 721. The summed E-state index contributed by atoms with van der Waals surface area (Å²) in [6, 6.07) is 8.51. The molecule has 126 valence electrons. The zero-order valence-corrected chi connectivity index (χ0v) is 14.6. The Balaban J connectivity index is 1.29. The number of aromatic nitrogens is 1. The molecule has 0 spiro atoms. The minimum atomic E-state index is 0.132. The fourth-order valence-electron chi connectivity index (χ4n) is 3.77. The molecule has 1 atom stereocenters. The van der Waals surface area contributed by atoms with Crippen molar-refractivity contribution in [3.05, 3.63) is 46.5 Å². The molecule has 0 saturated carbocycles. The van der Waals surface area contributed by atoms with Gasteiger partial charge in [-0.2, -0.15) is 0 Å². The van der Waals surface area contributed by atoms with Crippen molar-refractivity contribution >= 4 is 22.4 Å². The van der Waals surface area contributed by atoms with E-state index in [4.69, 9.17) is 0 Å². The van der Waals surface area contributed by atoms with Crippen LogP contribution in [0.25, 0.3) is 0 Å². The summed E-state index contributed by atoms with van der Waals surface area (Å²) < 4.78 is 0. The van der Waals surface area contributed by atoms with Gasteiger partial charge in [0, 0.05) is 24.9 Å². The zero-order chi connectivity index (χ0) is 16.4. The van der Waals surface area contributed by atoms with Crippen LogP contribution in [0.3, 0.4) is 0 Å². The summed E-state index contributed by atoms with van der Waals surface area (Å²) in [5.74, 6) is 0.504. The third-order valence-electron chi connectivity index (χ3n) is 5.07. The normalized spacial score (nSPS) is 19.5. The van der Waals surface area contributed by atoms with E-state index in [0.29, 0.717) is 18.9 Å². The van der Waals surface area contributed by atoms with Crippen molar-refractivity contribution in [1.29, 1.82) is 0 Å². The zero-order valence-electron chi connectivity index (χ0n) is 13.8. The van der Waals surface area contributed by atoms with Crippen LogP contribution < -0.4 is 10.2 Å². The lowest BCUT2D eigenvalue weighted by Crippen LogP contribution is -2.24. The minimum Gasteiger partial charge on any atom is -0.350 e. The van der Waals surface area contributed by atoms with Gasteiger partial charge in [0.25, 0.3) is 0 Å². The van der Waals surface area contributed by atoms with Crippen LogP contribution in [0.5, 0.6) is 0 Å². The highest BCUT2D eigenvalue weighted by atomic mass is 32.1. The van der Waals surface area contributed by atoms with E-state index in [1.807, 2.05) is 0 Å². The fraction of sp³-hybridized carbons (Fsp3) is 0.474. The molecule has 0 radical (unpaired) electrons. The molecule has 2 aliphatic rings. The number of fused-ring (bicyclic) bond motifs is 1. The first-order chi connectivity index (χ1) is 11.8. The summed E-state index contributed by atoms with van der Waals surface area (Å²) in [6.07, 6.45) is 5.28. The number of carbonyl (C=O) groups excluding carboxylic acids is 1. The molecule has 0 unspecified atom stereocenters.